The van der Waals surface area contributed by atoms with E-state index in [-0.39, 0.29) is 11.1 Å². The van der Waals surface area contributed by atoms with Crippen LogP contribution in [0.25, 0.3) is 11.5 Å². The van der Waals surface area contributed by atoms with E-state index in [4.69, 9.17) is 8.94 Å². The largest absolute Gasteiger partial charge is 0.440 e. The molecule has 0 spiro atoms. The summed E-state index contributed by atoms with van der Waals surface area (Å²) in [4.78, 5) is 4.33. The summed E-state index contributed by atoms with van der Waals surface area (Å²) < 4.78 is 38.6. The van der Waals surface area contributed by atoms with Crippen molar-refractivity contribution >= 4 is 10.0 Å². The SMILES string of the molecule is Cc1noc(-c2ccc(S(=O)(=O)N3CCCC3c3ccccn3)o2)c1C. The fraction of sp³-hybridized carbons (Fsp3) is 0.333. The number of furan rings is 1. The zero-order valence-corrected chi connectivity index (χ0v) is 15.4. The van der Waals surface area contributed by atoms with Crippen LogP contribution in [-0.4, -0.2) is 29.4 Å². The molecular weight excluding hydrogens is 354 g/mol. The Morgan fingerprint density at radius 1 is 1.19 bits per heavy atom. The normalized spacial score (nSPS) is 18.5. The second kappa shape index (κ2) is 6.37. The van der Waals surface area contributed by atoms with Gasteiger partial charge in [0.2, 0.25) is 10.9 Å². The molecule has 1 atom stereocenters. The van der Waals surface area contributed by atoms with Crippen molar-refractivity contribution in [1.82, 2.24) is 14.4 Å². The molecule has 3 aromatic rings. The van der Waals surface area contributed by atoms with Gasteiger partial charge in [0.15, 0.2) is 5.76 Å². The van der Waals surface area contributed by atoms with Crippen molar-refractivity contribution < 1.29 is 17.4 Å². The highest BCUT2D eigenvalue weighted by molar-refractivity contribution is 7.89. The predicted molar refractivity (Wildman–Crippen MR) is 93.8 cm³/mol. The number of aromatic nitrogens is 2. The van der Waals surface area contributed by atoms with Gasteiger partial charge in [0.05, 0.1) is 17.4 Å². The minimum absolute atomic E-state index is 0.0937. The van der Waals surface area contributed by atoms with Gasteiger partial charge in [0.25, 0.3) is 10.0 Å². The molecule has 136 valence electrons. The molecule has 1 saturated heterocycles. The van der Waals surface area contributed by atoms with Crippen molar-refractivity contribution in [3.8, 4) is 11.5 Å². The van der Waals surface area contributed by atoms with Crippen LogP contribution < -0.4 is 0 Å². The molecule has 0 aliphatic carbocycles. The first-order valence-electron chi connectivity index (χ1n) is 8.44. The molecule has 1 aliphatic rings. The summed E-state index contributed by atoms with van der Waals surface area (Å²) in [7, 11) is -3.76. The minimum atomic E-state index is -3.76. The summed E-state index contributed by atoms with van der Waals surface area (Å²) in [5.74, 6) is 0.807. The number of sulfonamides is 1. The molecule has 4 heterocycles. The molecule has 3 aromatic heterocycles. The van der Waals surface area contributed by atoms with Gasteiger partial charge in [-0.3, -0.25) is 4.98 Å². The zero-order valence-electron chi connectivity index (χ0n) is 14.5. The van der Waals surface area contributed by atoms with E-state index in [0.29, 0.717) is 18.1 Å². The van der Waals surface area contributed by atoms with E-state index in [0.717, 1.165) is 29.8 Å². The van der Waals surface area contributed by atoms with Crippen molar-refractivity contribution in [1.29, 1.82) is 0 Å². The lowest BCUT2D eigenvalue weighted by Gasteiger charge is -2.22. The monoisotopic (exact) mass is 373 g/mol. The molecule has 0 radical (unpaired) electrons. The van der Waals surface area contributed by atoms with Crippen molar-refractivity contribution in [2.75, 3.05) is 6.54 Å². The molecule has 1 fully saturated rings. The van der Waals surface area contributed by atoms with Gasteiger partial charge in [0, 0.05) is 18.3 Å². The highest BCUT2D eigenvalue weighted by atomic mass is 32.2. The second-order valence-corrected chi connectivity index (χ2v) is 8.19. The predicted octanol–water partition coefficient (Wildman–Crippen LogP) is 3.47. The maximum atomic E-state index is 13.1. The van der Waals surface area contributed by atoms with Gasteiger partial charge in [0.1, 0.15) is 0 Å². The van der Waals surface area contributed by atoms with Crippen LogP contribution in [0.3, 0.4) is 0 Å². The number of rotatable bonds is 4. The van der Waals surface area contributed by atoms with Crippen molar-refractivity contribution in [3.63, 3.8) is 0 Å². The summed E-state index contributed by atoms with van der Waals surface area (Å²) in [6, 6.07) is 8.33. The summed E-state index contributed by atoms with van der Waals surface area (Å²) in [6.07, 6.45) is 3.21. The Morgan fingerprint density at radius 3 is 2.73 bits per heavy atom. The lowest BCUT2D eigenvalue weighted by atomic mass is 10.1. The maximum absolute atomic E-state index is 13.1. The number of hydrogen-bond donors (Lipinski definition) is 0. The molecule has 0 amide bonds. The van der Waals surface area contributed by atoms with Crippen LogP contribution in [-0.2, 0) is 10.0 Å². The van der Waals surface area contributed by atoms with Crippen LogP contribution in [0.2, 0.25) is 0 Å². The van der Waals surface area contributed by atoms with Gasteiger partial charge in [-0.2, -0.15) is 4.31 Å². The summed E-state index contributed by atoms with van der Waals surface area (Å²) in [6.45, 7) is 4.13. The molecule has 0 bridgehead atoms. The van der Waals surface area contributed by atoms with Crippen LogP contribution >= 0.6 is 0 Å². The summed E-state index contributed by atoms with van der Waals surface area (Å²) in [5.41, 5.74) is 2.33. The second-order valence-electron chi connectivity index (χ2n) is 6.37. The highest BCUT2D eigenvalue weighted by Gasteiger charge is 2.38. The summed E-state index contributed by atoms with van der Waals surface area (Å²) >= 11 is 0. The van der Waals surface area contributed by atoms with E-state index in [2.05, 4.69) is 10.1 Å². The van der Waals surface area contributed by atoms with Gasteiger partial charge in [-0.15, -0.1) is 0 Å². The van der Waals surface area contributed by atoms with Crippen LogP contribution in [0.1, 0.15) is 35.8 Å². The van der Waals surface area contributed by atoms with E-state index in [1.54, 1.807) is 12.3 Å². The van der Waals surface area contributed by atoms with Crippen LogP contribution in [0.15, 0.2) is 50.6 Å². The molecular formula is C18H19N3O4S. The van der Waals surface area contributed by atoms with E-state index < -0.39 is 10.0 Å². The van der Waals surface area contributed by atoms with Crippen molar-refractivity contribution in [2.24, 2.45) is 0 Å². The van der Waals surface area contributed by atoms with Crippen molar-refractivity contribution in [3.05, 3.63) is 53.5 Å². The Bertz CT molecular complexity index is 1020. The Kier molecular flexibility index (Phi) is 4.16. The van der Waals surface area contributed by atoms with Gasteiger partial charge in [-0.1, -0.05) is 11.2 Å². The average Bonchev–Trinajstić information content (AvgIpc) is 3.37. The van der Waals surface area contributed by atoms with E-state index in [9.17, 15) is 8.42 Å². The van der Waals surface area contributed by atoms with Crippen LogP contribution in [0, 0.1) is 13.8 Å². The quantitative estimate of drug-likeness (QED) is 0.696. The van der Waals surface area contributed by atoms with E-state index in [1.165, 1.54) is 10.4 Å². The lowest BCUT2D eigenvalue weighted by molar-refractivity contribution is 0.360. The Labute approximate surface area is 151 Å². The lowest BCUT2D eigenvalue weighted by Crippen LogP contribution is -2.30. The van der Waals surface area contributed by atoms with Crippen molar-refractivity contribution in [2.45, 2.75) is 37.8 Å². The van der Waals surface area contributed by atoms with E-state index in [1.807, 2.05) is 32.0 Å². The fourth-order valence-corrected chi connectivity index (χ4v) is 4.82. The third-order valence-corrected chi connectivity index (χ3v) is 6.54. The van der Waals surface area contributed by atoms with Gasteiger partial charge in [-0.25, -0.2) is 8.42 Å². The number of aryl methyl sites for hydroxylation is 1. The first kappa shape index (κ1) is 17.0. The summed E-state index contributed by atoms with van der Waals surface area (Å²) in [5, 5.41) is 3.80. The van der Waals surface area contributed by atoms with Gasteiger partial charge >= 0.3 is 0 Å². The fourth-order valence-electron chi connectivity index (χ4n) is 3.24. The highest BCUT2D eigenvalue weighted by Crippen LogP contribution is 2.37. The van der Waals surface area contributed by atoms with Crippen LogP contribution in [0.5, 0.6) is 0 Å². The standard InChI is InChI=1S/C18H19N3O4S/c1-12-13(2)20-25-18(12)16-8-9-17(24-16)26(22,23)21-11-5-7-15(21)14-6-3-4-10-19-14/h3-4,6,8-10,15H,5,7,11H2,1-2H3. The molecule has 4 rings (SSSR count). The number of hydrogen-bond acceptors (Lipinski definition) is 6. The van der Waals surface area contributed by atoms with Gasteiger partial charge in [-0.05, 0) is 51.0 Å². The average molecular weight is 373 g/mol. The Hall–Kier alpha value is -2.45. The molecule has 1 unspecified atom stereocenters. The molecule has 26 heavy (non-hydrogen) atoms. The third kappa shape index (κ3) is 2.75. The minimum Gasteiger partial charge on any atom is -0.440 e. The topological polar surface area (TPSA) is 89.4 Å². The Balaban J connectivity index is 1.68. The van der Waals surface area contributed by atoms with E-state index >= 15 is 0 Å². The smallest absolute Gasteiger partial charge is 0.277 e. The maximum Gasteiger partial charge on any atom is 0.277 e. The zero-order chi connectivity index (χ0) is 18.3. The molecule has 7 nitrogen and oxygen atoms in total. The molecule has 0 aromatic carbocycles. The molecule has 0 N–H and O–H groups in total. The molecule has 1 aliphatic heterocycles. The number of nitrogens with zero attached hydrogens (tertiary/aromatic N) is 3. The third-order valence-electron chi connectivity index (χ3n) is 4.76. The van der Waals surface area contributed by atoms with Crippen LogP contribution in [0.4, 0.5) is 0 Å². The Morgan fingerprint density at radius 2 is 2.04 bits per heavy atom. The first-order chi connectivity index (χ1) is 12.5. The first-order valence-corrected chi connectivity index (χ1v) is 9.88. The van der Waals surface area contributed by atoms with Gasteiger partial charge < -0.3 is 8.94 Å². The molecule has 0 saturated carbocycles. The number of pyridine rings is 1. The molecule has 8 heteroatoms.